The average Bonchev–Trinajstić information content (AvgIpc) is 2.59. The van der Waals surface area contributed by atoms with Crippen molar-refractivity contribution in [2.24, 2.45) is 5.73 Å². The summed E-state index contributed by atoms with van der Waals surface area (Å²) in [6.07, 6.45) is 0. The van der Waals surface area contributed by atoms with Gasteiger partial charge in [0.25, 0.3) is 0 Å². The van der Waals surface area contributed by atoms with Crippen LogP contribution in [0.1, 0.15) is 22.5 Å². The molecule has 0 aliphatic rings. The van der Waals surface area contributed by atoms with Crippen molar-refractivity contribution in [2.75, 3.05) is 0 Å². The Kier molecular flexibility index (Phi) is 3.87. The van der Waals surface area contributed by atoms with E-state index in [0.717, 1.165) is 17.0 Å². The first-order chi connectivity index (χ1) is 8.90. The first kappa shape index (κ1) is 14.0. The van der Waals surface area contributed by atoms with E-state index in [0.29, 0.717) is 11.6 Å². The summed E-state index contributed by atoms with van der Waals surface area (Å²) in [5, 5.41) is 4.98. The molecule has 1 aromatic heterocycles. The zero-order valence-corrected chi connectivity index (χ0v) is 12.1. The van der Waals surface area contributed by atoms with E-state index in [2.05, 4.69) is 5.10 Å². The summed E-state index contributed by atoms with van der Waals surface area (Å²) in [5.41, 5.74) is 8.25. The van der Waals surface area contributed by atoms with Gasteiger partial charge in [0.05, 0.1) is 23.0 Å². The van der Waals surface area contributed by atoms with Gasteiger partial charge in [0, 0.05) is 5.56 Å². The highest BCUT2D eigenvalue weighted by molar-refractivity contribution is 7.80. The van der Waals surface area contributed by atoms with Gasteiger partial charge in [-0.3, -0.25) is 4.68 Å². The summed E-state index contributed by atoms with van der Waals surface area (Å²) >= 11 is 10.9. The van der Waals surface area contributed by atoms with Gasteiger partial charge in [-0.25, -0.2) is 4.39 Å². The summed E-state index contributed by atoms with van der Waals surface area (Å²) in [6.45, 7) is 4.23. The first-order valence-corrected chi connectivity index (χ1v) is 6.46. The van der Waals surface area contributed by atoms with Crippen LogP contribution in [-0.2, 0) is 6.54 Å². The van der Waals surface area contributed by atoms with Crippen LogP contribution in [0.15, 0.2) is 18.2 Å². The second-order valence-electron chi connectivity index (χ2n) is 4.32. The minimum atomic E-state index is -0.414. The predicted octanol–water partition coefficient (Wildman–Crippen LogP) is 2.97. The summed E-state index contributed by atoms with van der Waals surface area (Å²) in [4.78, 5) is 0.0470. The Labute approximate surface area is 121 Å². The lowest BCUT2D eigenvalue weighted by Gasteiger charge is -2.07. The zero-order chi connectivity index (χ0) is 14.2. The molecule has 0 radical (unpaired) electrons. The third kappa shape index (κ3) is 2.77. The highest BCUT2D eigenvalue weighted by Crippen LogP contribution is 2.20. The van der Waals surface area contributed by atoms with Crippen LogP contribution < -0.4 is 5.73 Å². The van der Waals surface area contributed by atoms with E-state index in [9.17, 15) is 4.39 Å². The lowest BCUT2D eigenvalue weighted by atomic mass is 10.1. The normalized spacial score (nSPS) is 10.7. The average molecular weight is 298 g/mol. The highest BCUT2D eigenvalue weighted by Gasteiger charge is 2.11. The van der Waals surface area contributed by atoms with E-state index >= 15 is 0 Å². The molecule has 0 unspecified atom stereocenters. The minimum absolute atomic E-state index is 0.0470. The molecule has 1 heterocycles. The standard InChI is InChI=1S/C13H13ClFN3S/c1-7-12(14)8(2)18(17-7)6-9-3-4-11(15)10(5-9)13(16)19/h3-5H,6H2,1-2H3,(H2,16,19). The fourth-order valence-electron chi connectivity index (χ4n) is 1.86. The maximum Gasteiger partial charge on any atom is 0.133 e. The Morgan fingerprint density at radius 3 is 2.68 bits per heavy atom. The van der Waals surface area contributed by atoms with Gasteiger partial charge in [0.2, 0.25) is 0 Å². The van der Waals surface area contributed by atoms with Crippen LogP contribution in [0.2, 0.25) is 5.02 Å². The fraction of sp³-hybridized carbons (Fsp3) is 0.231. The molecule has 3 nitrogen and oxygen atoms in total. The predicted molar refractivity (Wildman–Crippen MR) is 78.1 cm³/mol. The van der Waals surface area contributed by atoms with Gasteiger partial charge in [-0.2, -0.15) is 5.10 Å². The van der Waals surface area contributed by atoms with Crippen molar-refractivity contribution in [1.29, 1.82) is 0 Å². The molecule has 0 spiro atoms. The quantitative estimate of drug-likeness (QED) is 0.886. The second-order valence-corrected chi connectivity index (χ2v) is 5.14. The molecule has 0 saturated heterocycles. The van der Waals surface area contributed by atoms with Crippen molar-refractivity contribution in [1.82, 2.24) is 9.78 Å². The van der Waals surface area contributed by atoms with Gasteiger partial charge in [-0.05, 0) is 31.5 Å². The summed E-state index contributed by atoms with van der Waals surface area (Å²) in [7, 11) is 0. The van der Waals surface area contributed by atoms with Crippen molar-refractivity contribution >= 4 is 28.8 Å². The van der Waals surface area contributed by atoms with Crippen LogP contribution in [0.25, 0.3) is 0 Å². The number of hydrogen-bond acceptors (Lipinski definition) is 2. The molecule has 2 aromatic rings. The molecule has 100 valence electrons. The van der Waals surface area contributed by atoms with E-state index in [4.69, 9.17) is 29.6 Å². The second kappa shape index (κ2) is 5.27. The molecule has 0 atom stereocenters. The molecule has 0 bridgehead atoms. The molecule has 2 rings (SSSR count). The largest absolute Gasteiger partial charge is 0.389 e. The molecule has 0 aliphatic heterocycles. The molecule has 0 fully saturated rings. The van der Waals surface area contributed by atoms with Crippen LogP contribution in [0.4, 0.5) is 4.39 Å². The molecule has 2 N–H and O–H groups in total. The third-order valence-electron chi connectivity index (χ3n) is 2.92. The van der Waals surface area contributed by atoms with Gasteiger partial charge in [0.15, 0.2) is 0 Å². The van der Waals surface area contributed by atoms with E-state index in [-0.39, 0.29) is 10.6 Å². The van der Waals surface area contributed by atoms with Crippen LogP contribution >= 0.6 is 23.8 Å². The molecule has 0 saturated carbocycles. The lowest BCUT2D eigenvalue weighted by Crippen LogP contribution is -2.13. The van der Waals surface area contributed by atoms with Crippen molar-refractivity contribution in [3.63, 3.8) is 0 Å². The number of rotatable bonds is 3. The van der Waals surface area contributed by atoms with Gasteiger partial charge in [0.1, 0.15) is 10.8 Å². The number of thiocarbonyl (C=S) groups is 1. The van der Waals surface area contributed by atoms with E-state index in [1.165, 1.54) is 6.07 Å². The Morgan fingerprint density at radius 2 is 2.16 bits per heavy atom. The van der Waals surface area contributed by atoms with Crippen LogP contribution in [0, 0.1) is 19.7 Å². The maximum absolute atomic E-state index is 13.5. The Hall–Kier alpha value is -1.46. The molecule has 19 heavy (non-hydrogen) atoms. The van der Waals surface area contributed by atoms with Crippen LogP contribution in [-0.4, -0.2) is 14.8 Å². The summed E-state index contributed by atoms with van der Waals surface area (Å²) in [5.74, 6) is -0.414. The monoisotopic (exact) mass is 297 g/mol. The van der Waals surface area contributed by atoms with E-state index in [1.807, 2.05) is 13.8 Å². The Morgan fingerprint density at radius 1 is 1.47 bits per heavy atom. The molecule has 0 amide bonds. The molecule has 0 aliphatic carbocycles. The van der Waals surface area contributed by atoms with Crippen molar-refractivity contribution in [2.45, 2.75) is 20.4 Å². The van der Waals surface area contributed by atoms with Crippen molar-refractivity contribution < 1.29 is 4.39 Å². The zero-order valence-electron chi connectivity index (χ0n) is 10.6. The summed E-state index contributed by atoms with van der Waals surface area (Å²) in [6, 6.07) is 4.68. The first-order valence-electron chi connectivity index (χ1n) is 5.68. The SMILES string of the molecule is Cc1nn(Cc2ccc(F)c(C(N)=S)c2)c(C)c1Cl. The number of benzene rings is 1. The molecule has 1 aromatic carbocycles. The third-order valence-corrected chi connectivity index (χ3v) is 3.69. The topological polar surface area (TPSA) is 43.8 Å². The minimum Gasteiger partial charge on any atom is -0.389 e. The van der Waals surface area contributed by atoms with Crippen molar-refractivity contribution in [3.8, 4) is 0 Å². The van der Waals surface area contributed by atoms with Crippen LogP contribution in [0.3, 0.4) is 0 Å². The molecular formula is C13H13ClFN3S. The van der Waals surface area contributed by atoms with Gasteiger partial charge in [-0.15, -0.1) is 0 Å². The highest BCUT2D eigenvalue weighted by atomic mass is 35.5. The van der Waals surface area contributed by atoms with Gasteiger partial charge in [-0.1, -0.05) is 29.9 Å². The number of aromatic nitrogens is 2. The van der Waals surface area contributed by atoms with E-state index < -0.39 is 5.82 Å². The number of nitrogens with zero attached hydrogens (tertiary/aromatic N) is 2. The number of nitrogens with two attached hydrogens (primary N) is 1. The molecule has 6 heteroatoms. The summed E-state index contributed by atoms with van der Waals surface area (Å²) < 4.78 is 15.3. The maximum atomic E-state index is 13.5. The van der Waals surface area contributed by atoms with E-state index in [1.54, 1.807) is 16.8 Å². The smallest absolute Gasteiger partial charge is 0.133 e. The Balaban J connectivity index is 2.36. The number of halogens is 2. The molecular weight excluding hydrogens is 285 g/mol. The fourth-order valence-corrected chi connectivity index (χ4v) is 2.15. The van der Waals surface area contributed by atoms with Gasteiger partial charge < -0.3 is 5.73 Å². The van der Waals surface area contributed by atoms with Crippen LogP contribution in [0.5, 0.6) is 0 Å². The Bertz CT molecular complexity index is 652. The number of aryl methyl sites for hydroxylation is 1. The van der Waals surface area contributed by atoms with Crippen molar-refractivity contribution in [3.05, 3.63) is 51.6 Å². The van der Waals surface area contributed by atoms with Gasteiger partial charge >= 0.3 is 0 Å². The number of hydrogen-bond donors (Lipinski definition) is 1. The lowest BCUT2D eigenvalue weighted by molar-refractivity contribution is 0.620.